The van der Waals surface area contributed by atoms with Gasteiger partial charge in [-0.15, -0.1) is 0 Å². The van der Waals surface area contributed by atoms with Crippen molar-refractivity contribution in [2.45, 2.75) is 0 Å². The van der Waals surface area contributed by atoms with Gasteiger partial charge in [0.1, 0.15) is 33.5 Å². The Morgan fingerprint density at radius 1 is 0.105 bits per heavy atom. The summed E-state index contributed by atoms with van der Waals surface area (Å²) in [6.45, 7) is 0. The minimum Gasteiger partial charge on any atom is -0.456 e. The maximum absolute atomic E-state index is 6.93. The highest BCUT2D eigenvalue weighted by Gasteiger charge is 2.29. The van der Waals surface area contributed by atoms with Gasteiger partial charge in [0.05, 0.1) is 0 Å². The van der Waals surface area contributed by atoms with Crippen molar-refractivity contribution in [1.82, 2.24) is 0 Å². The lowest BCUT2D eigenvalue weighted by Crippen LogP contribution is -1.93. The largest absolute Gasteiger partial charge is 0.456 e. The fourth-order valence-corrected chi connectivity index (χ4v) is 22.9. The van der Waals surface area contributed by atoms with Crippen molar-refractivity contribution in [2.75, 3.05) is 0 Å². The van der Waals surface area contributed by atoms with E-state index in [0.29, 0.717) is 0 Å². The van der Waals surface area contributed by atoms with E-state index in [4.69, 9.17) is 13.3 Å². The summed E-state index contributed by atoms with van der Waals surface area (Å²) >= 11 is 0. The minimum absolute atomic E-state index is 0.891. The molecule has 0 fully saturated rings. The minimum atomic E-state index is 0.891. The van der Waals surface area contributed by atoms with E-state index in [1.54, 1.807) is 0 Å². The van der Waals surface area contributed by atoms with Gasteiger partial charge in [-0.25, -0.2) is 0 Å². The van der Waals surface area contributed by atoms with Gasteiger partial charge in [-0.05, 0) is 275 Å². The van der Waals surface area contributed by atoms with Crippen LogP contribution >= 0.6 is 0 Å². The number of benzene rings is 26. The van der Waals surface area contributed by atoms with Gasteiger partial charge in [-0.2, -0.15) is 0 Å². The molecular formula is C140H88O3. The van der Waals surface area contributed by atoms with Crippen LogP contribution in [0.2, 0.25) is 0 Å². The molecule has 26 aromatic carbocycles. The van der Waals surface area contributed by atoms with Gasteiger partial charge in [0.15, 0.2) is 0 Å². The highest BCUT2D eigenvalue weighted by atomic mass is 16.3. The van der Waals surface area contributed by atoms with Gasteiger partial charge in [0.25, 0.3) is 0 Å². The van der Waals surface area contributed by atoms with Crippen LogP contribution in [0.4, 0.5) is 0 Å². The van der Waals surface area contributed by atoms with E-state index in [9.17, 15) is 0 Å². The van der Waals surface area contributed by atoms with Crippen LogP contribution in [0.15, 0.2) is 547 Å². The summed E-state index contributed by atoms with van der Waals surface area (Å²) in [5.74, 6) is 0. The van der Waals surface area contributed by atoms with Crippen LogP contribution < -0.4 is 0 Å². The van der Waals surface area contributed by atoms with Crippen LogP contribution in [0, 0.1) is 0 Å². The van der Waals surface area contributed by atoms with E-state index >= 15 is 0 Å². The van der Waals surface area contributed by atoms with Gasteiger partial charge in [-0.1, -0.05) is 473 Å². The fraction of sp³-hybridized carbons (Fsp3) is 0. The topological polar surface area (TPSA) is 39.4 Å². The highest BCUT2D eigenvalue weighted by Crippen LogP contribution is 2.55. The first kappa shape index (κ1) is 83.6. The number of furan rings is 3. The van der Waals surface area contributed by atoms with E-state index in [2.05, 4.69) is 528 Å². The van der Waals surface area contributed by atoms with Crippen molar-refractivity contribution < 1.29 is 13.3 Å². The monoisotopic (exact) mass is 1820 g/mol. The number of hydrogen-bond acceptors (Lipinski definition) is 3. The van der Waals surface area contributed by atoms with Crippen LogP contribution in [0.3, 0.4) is 0 Å². The lowest BCUT2D eigenvalue weighted by Gasteiger charge is -2.20. The lowest BCUT2D eigenvalue weighted by molar-refractivity contribution is 0.668. The molecule has 143 heavy (non-hydrogen) atoms. The zero-order chi connectivity index (χ0) is 94.4. The third-order valence-electron chi connectivity index (χ3n) is 29.2. The van der Waals surface area contributed by atoms with Crippen molar-refractivity contribution in [3.63, 3.8) is 0 Å². The Hall–Kier alpha value is -18.8. The number of rotatable bonds is 12. The number of para-hydroxylation sites is 3. The van der Waals surface area contributed by atoms with Crippen molar-refractivity contribution >= 4 is 152 Å². The van der Waals surface area contributed by atoms with Gasteiger partial charge in [-0.3, -0.25) is 0 Å². The molecule has 3 aromatic heterocycles. The Balaban J connectivity index is 0.000000108. The summed E-state index contributed by atoms with van der Waals surface area (Å²) in [6, 6.07) is 192. The van der Waals surface area contributed by atoms with Crippen molar-refractivity contribution in [1.29, 1.82) is 0 Å². The van der Waals surface area contributed by atoms with Gasteiger partial charge in [0, 0.05) is 37.9 Å². The quantitative estimate of drug-likeness (QED) is 0.114. The van der Waals surface area contributed by atoms with Crippen molar-refractivity contribution in [3.05, 3.63) is 534 Å². The van der Waals surface area contributed by atoms with E-state index < -0.39 is 0 Å². The molecule has 0 N–H and O–H groups in total. The maximum atomic E-state index is 6.93. The van der Waals surface area contributed by atoms with Crippen LogP contribution in [-0.2, 0) is 0 Å². The Kier molecular flexibility index (Phi) is 20.6. The Labute approximate surface area is 826 Å². The average molecular weight is 1820 g/mol. The number of hydrogen-bond donors (Lipinski definition) is 0. The molecule has 0 bridgehead atoms. The summed E-state index contributed by atoms with van der Waals surface area (Å²) in [7, 11) is 0. The molecule has 666 valence electrons. The molecule has 0 spiro atoms. The Bertz CT molecular complexity index is 9840. The van der Waals surface area contributed by atoms with Crippen LogP contribution in [0.1, 0.15) is 0 Å². The molecule has 0 saturated carbocycles. The molecule has 0 unspecified atom stereocenters. The molecule has 29 rings (SSSR count). The maximum Gasteiger partial charge on any atom is 0.143 e. The van der Waals surface area contributed by atoms with Crippen LogP contribution in [-0.4, -0.2) is 0 Å². The average Bonchev–Trinajstić information content (AvgIpc) is 1.72. The summed E-state index contributed by atoms with van der Waals surface area (Å²) in [6.07, 6.45) is 0. The standard InChI is InChI=1S/C52H32O.C50H32O.C38H24O/c1-2-15-33(16-3-1)36-29-30-39(38-21-7-6-20-37(36)38)45-31-32-47(51-46-26-12-13-28-48(46)53-52(45)51)50-43-24-10-8-22-41(43)49(42-23-9-11-25-44(42)50)40-27-14-18-34-17-4-5-19-35(34)40;1-4-16-33(17-5-1)36-28-37(34-18-6-2-7-19-34)30-39(29-36)48-40-22-10-12-24-42(40)49(43-25-13-11-23-41(43)48)45-31-38(35-20-8-3-9-21-35)32-47-50(45)44-26-14-15-27-46(44)51-47;1-2-11-25(12-3-1)26-21-23-27(24-22-26)36-28-13-4-6-15-30(28)37(31-16-7-5-14-29(31)36)33-18-10-20-35-38(33)32-17-8-9-19-34(32)39-35/h1-32H;1-32H;1-24H. The summed E-state index contributed by atoms with van der Waals surface area (Å²) in [5.41, 5.74) is 34.4. The molecular weight excluding hydrogens is 1730 g/mol. The third-order valence-corrected chi connectivity index (χ3v) is 29.2. The van der Waals surface area contributed by atoms with E-state index in [1.807, 2.05) is 6.07 Å². The second kappa shape index (κ2) is 35.3. The molecule has 0 radical (unpaired) electrons. The molecule has 3 heterocycles. The Morgan fingerprint density at radius 2 is 0.378 bits per heavy atom. The zero-order valence-corrected chi connectivity index (χ0v) is 78.0. The summed E-state index contributed by atoms with van der Waals surface area (Å²) in [5, 5.41) is 26.6. The van der Waals surface area contributed by atoms with Crippen LogP contribution in [0.5, 0.6) is 0 Å². The van der Waals surface area contributed by atoms with Crippen molar-refractivity contribution in [3.8, 4) is 134 Å². The highest BCUT2D eigenvalue weighted by molar-refractivity contribution is 6.31. The first-order valence-corrected chi connectivity index (χ1v) is 49.1. The van der Waals surface area contributed by atoms with E-state index in [-0.39, 0.29) is 0 Å². The predicted molar refractivity (Wildman–Crippen MR) is 606 cm³/mol. The lowest BCUT2D eigenvalue weighted by atomic mass is 9.83. The summed E-state index contributed by atoms with van der Waals surface area (Å²) in [4.78, 5) is 0. The molecule has 0 amide bonds. The third kappa shape index (κ3) is 14.4. The fourth-order valence-electron chi connectivity index (χ4n) is 22.9. The molecule has 3 heteroatoms. The zero-order valence-electron chi connectivity index (χ0n) is 78.0. The van der Waals surface area contributed by atoms with E-state index in [0.717, 1.165) is 82.7 Å². The predicted octanol–water partition coefficient (Wildman–Crippen LogP) is 40.0. The first-order chi connectivity index (χ1) is 71.0. The summed E-state index contributed by atoms with van der Waals surface area (Å²) < 4.78 is 19.8. The SMILES string of the molecule is c1ccc(-c2cc(-c3ccccc3)cc(-c3c4ccccc4c(-c4cc(-c5ccccc5)cc5oc6ccccc6c45)c4ccccc34)c2)cc1.c1ccc(-c2ccc(-c3c4ccccc4c(-c4cccc5oc6ccccc6c45)c4ccccc34)cc2)cc1.c1ccc(-c2ccc(-c3ccc(-c4c5ccccc5c(-c5cccc6ccccc56)c5ccccc45)c4c3oc3ccccc34)c3ccccc23)cc1. The van der Waals surface area contributed by atoms with Crippen molar-refractivity contribution in [2.24, 2.45) is 0 Å². The molecule has 0 aliphatic heterocycles. The molecule has 3 nitrogen and oxygen atoms in total. The Morgan fingerprint density at radius 3 is 0.853 bits per heavy atom. The normalized spacial score (nSPS) is 11.6. The smallest absolute Gasteiger partial charge is 0.143 e. The van der Waals surface area contributed by atoms with Crippen LogP contribution in [0.25, 0.3) is 286 Å². The van der Waals surface area contributed by atoms with Gasteiger partial charge < -0.3 is 13.3 Å². The molecule has 0 aliphatic rings. The first-order valence-electron chi connectivity index (χ1n) is 49.1. The van der Waals surface area contributed by atoms with Gasteiger partial charge in [0.2, 0.25) is 0 Å². The second-order valence-electron chi connectivity index (χ2n) is 37.2. The molecule has 0 saturated heterocycles. The molecule has 0 atom stereocenters. The number of fused-ring (bicyclic) bond motifs is 17. The molecule has 29 aromatic rings. The van der Waals surface area contributed by atoms with Gasteiger partial charge >= 0.3 is 0 Å². The second-order valence-corrected chi connectivity index (χ2v) is 37.2. The molecule has 0 aliphatic carbocycles. The van der Waals surface area contributed by atoms with E-state index in [1.165, 1.54) is 203 Å².